The molecule has 0 fully saturated rings. The lowest BCUT2D eigenvalue weighted by Crippen LogP contribution is -2.21. The lowest BCUT2D eigenvalue weighted by molar-refractivity contribution is -0.120. The summed E-state index contributed by atoms with van der Waals surface area (Å²) in [5, 5.41) is 7.30. The summed E-state index contributed by atoms with van der Waals surface area (Å²) in [5.41, 5.74) is 2.52. The Hall–Kier alpha value is -3.48. The van der Waals surface area contributed by atoms with Gasteiger partial charge in [0.15, 0.2) is 5.69 Å². The Balaban J connectivity index is 2.03. The first-order valence-electron chi connectivity index (χ1n) is 10.4. The molecule has 162 valence electrons. The van der Waals surface area contributed by atoms with Crippen LogP contribution in [0.3, 0.4) is 0 Å². The molecule has 0 bridgehead atoms. The van der Waals surface area contributed by atoms with E-state index < -0.39 is 11.8 Å². The van der Waals surface area contributed by atoms with Crippen molar-refractivity contribution < 1.29 is 18.7 Å². The van der Waals surface area contributed by atoms with Crippen LogP contribution in [0.4, 0.5) is 10.1 Å². The molecule has 1 amide bonds. The molecule has 0 radical (unpaired) electrons. The topological polar surface area (TPSA) is 73.2 Å². The SMILES string of the molecule is CCOC(=O)c1cc(-c2cccc(NC(=O)C(CC)CC)c2)n(-c2cccc(F)c2)n1. The smallest absolute Gasteiger partial charge is 0.358 e. The molecule has 0 aliphatic carbocycles. The average molecular weight is 423 g/mol. The van der Waals surface area contributed by atoms with E-state index in [2.05, 4.69) is 10.4 Å². The van der Waals surface area contributed by atoms with E-state index in [0.29, 0.717) is 17.1 Å². The molecule has 7 heteroatoms. The predicted molar refractivity (Wildman–Crippen MR) is 118 cm³/mol. The van der Waals surface area contributed by atoms with Crippen LogP contribution in [0, 0.1) is 11.7 Å². The highest BCUT2D eigenvalue weighted by Crippen LogP contribution is 2.27. The number of anilines is 1. The van der Waals surface area contributed by atoms with Crippen LogP contribution in [-0.2, 0) is 9.53 Å². The standard InChI is InChI=1S/C24H26FN3O3/c1-4-16(5-2)23(29)26-19-11-7-9-17(13-19)22-15-21(24(30)31-6-3)27-28(22)20-12-8-10-18(25)14-20/h7-16H,4-6H2,1-3H3,(H,26,29). The first kappa shape index (κ1) is 22.2. The fourth-order valence-electron chi connectivity index (χ4n) is 3.36. The van der Waals surface area contributed by atoms with E-state index in [1.54, 1.807) is 31.2 Å². The van der Waals surface area contributed by atoms with Crippen molar-refractivity contribution >= 4 is 17.6 Å². The highest BCUT2D eigenvalue weighted by atomic mass is 19.1. The Kier molecular flexibility index (Phi) is 7.18. The molecule has 31 heavy (non-hydrogen) atoms. The van der Waals surface area contributed by atoms with Crippen LogP contribution in [0.1, 0.15) is 44.1 Å². The number of esters is 1. The number of nitrogens with zero attached hydrogens (tertiary/aromatic N) is 2. The van der Waals surface area contributed by atoms with Crippen LogP contribution < -0.4 is 5.32 Å². The highest BCUT2D eigenvalue weighted by Gasteiger charge is 2.19. The van der Waals surface area contributed by atoms with Gasteiger partial charge in [0.05, 0.1) is 18.0 Å². The van der Waals surface area contributed by atoms with E-state index in [9.17, 15) is 14.0 Å². The largest absolute Gasteiger partial charge is 0.461 e. The van der Waals surface area contributed by atoms with Crippen LogP contribution in [0.2, 0.25) is 0 Å². The number of hydrogen-bond acceptors (Lipinski definition) is 4. The lowest BCUT2D eigenvalue weighted by Gasteiger charge is -2.14. The summed E-state index contributed by atoms with van der Waals surface area (Å²) in [6, 6.07) is 14.8. The fourth-order valence-corrected chi connectivity index (χ4v) is 3.36. The summed E-state index contributed by atoms with van der Waals surface area (Å²) in [7, 11) is 0. The van der Waals surface area contributed by atoms with Gasteiger partial charge in [0.2, 0.25) is 5.91 Å². The second kappa shape index (κ2) is 10.0. The second-order valence-electron chi connectivity index (χ2n) is 7.11. The Bertz CT molecular complexity index is 1070. The van der Waals surface area contributed by atoms with Crippen LogP contribution in [-0.4, -0.2) is 28.3 Å². The molecule has 0 aliphatic rings. The third-order valence-electron chi connectivity index (χ3n) is 5.03. The zero-order valence-corrected chi connectivity index (χ0v) is 17.9. The molecule has 2 aromatic carbocycles. The van der Waals surface area contributed by atoms with Crippen LogP contribution in [0.25, 0.3) is 16.9 Å². The van der Waals surface area contributed by atoms with Crippen LogP contribution in [0.15, 0.2) is 54.6 Å². The van der Waals surface area contributed by atoms with Crippen LogP contribution >= 0.6 is 0 Å². The van der Waals surface area contributed by atoms with E-state index in [1.807, 2.05) is 32.0 Å². The average Bonchev–Trinajstić information content (AvgIpc) is 3.21. The molecular weight excluding hydrogens is 397 g/mol. The number of rotatable bonds is 8. The van der Waals surface area contributed by atoms with Crippen molar-refractivity contribution in [3.8, 4) is 16.9 Å². The van der Waals surface area contributed by atoms with E-state index in [1.165, 1.54) is 16.8 Å². The summed E-state index contributed by atoms with van der Waals surface area (Å²) in [5.74, 6) is -1.06. The molecular formula is C24H26FN3O3. The van der Waals surface area contributed by atoms with Gasteiger partial charge < -0.3 is 10.1 Å². The molecule has 0 saturated carbocycles. The summed E-state index contributed by atoms with van der Waals surface area (Å²) >= 11 is 0. The Labute approximate surface area is 181 Å². The van der Waals surface area contributed by atoms with Crippen molar-refractivity contribution in [1.29, 1.82) is 0 Å². The number of aromatic nitrogens is 2. The van der Waals surface area contributed by atoms with Crippen molar-refractivity contribution in [2.45, 2.75) is 33.6 Å². The van der Waals surface area contributed by atoms with Gasteiger partial charge in [-0.3, -0.25) is 4.79 Å². The van der Waals surface area contributed by atoms with Crippen molar-refractivity contribution in [3.05, 3.63) is 66.1 Å². The van der Waals surface area contributed by atoms with Gasteiger partial charge in [0.1, 0.15) is 5.82 Å². The van der Waals surface area contributed by atoms with Gasteiger partial charge in [0.25, 0.3) is 0 Å². The van der Waals surface area contributed by atoms with E-state index in [0.717, 1.165) is 18.4 Å². The third-order valence-corrected chi connectivity index (χ3v) is 5.03. The van der Waals surface area contributed by atoms with Crippen molar-refractivity contribution in [1.82, 2.24) is 9.78 Å². The summed E-state index contributed by atoms with van der Waals surface area (Å²) in [4.78, 5) is 24.7. The first-order chi connectivity index (χ1) is 15.0. The Morgan fingerprint density at radius 2 is 1.81 bits per heavy atom. The molecule has 1 N–H and O–H groups in total. The van der Waals surface area contributed by atoms with Crippen LogP contribution in [0.5, 0.6) is 0 Å². The number of benzene rings is 2. The highest BCUT2D eigenvalue weighted by molar-refractivity contribution is 5.93. The molecule has 6 nitrogen and oxygen atoms in total. The van der Waals surface area contributed by atoms with Crippen molar-refractivity contribution in [3.63, 3.8) is 0 Å². The Morgan fingerprint density at radius 1 is 1.06 bits per heavy atom. The maximum atomic E-state index is 13.8. The minimum absolute atomic E-state index is 0.0343. The maximum absolute atomic E-state index is 13.8. The molecule has 0 unspecified atom stereocenters. The van der Waals surface area contributed by atoms with Crippen molar-refractivity contribution in [2.75, 3.05) is 11.9 Å². The van der Waals surface area contributed by atoms with Gasteiger partial charge in [-0.2, -0.15) is 5.10 Å². The normalized spacial score (nSPS) is 10.9. The predicted octanol–water partition coefficient (Wildman–Crippen LogP) is 5.23. The zero-order chi connectivity index (χ0) is 22.4. The number of amides is 1. The number of nitrogens with one attached hydrogen (secondary N) is 1. The molecule has 0 aliphatic heterocycles. The monoisotopic (exact) mass is 423 g/mol. The van der Waals surface area contributed by atoms with E-state index in [4.69, 9.17) is 4.74 Å². The Morgan fingerprint density at radius 3 is 2.48 bits per heavy atom. The number of ether oxygens (including phenoxy) is 1. The summed E-state index contributed by atoms with van der Waals surface area (Å²) < 4.78 is 20.4. The van der Waals surface area contributed by atoms with E-state index >= 15 is 0 Å². The second-order valence-corrected chi connectivity index (χ2v) is 7.11. The van der Waals surface area contributed by atoms with Gasteiger partial charge in [-0.05, 0) is 56.2 Å². The molecule has 1 heterocycles. The van der Waals surface area contributed by atoms with Gasteiger partial charge >= 0.3 is 5.97 Å². The van der Waals surface area contributed by atoms with Crippen molar-refractivity contribution in [2.24, 2.45) is 5.92 Å². The molecule has 0 saturated heterocycles. The summed E-state index contributed by atoms with van der Waals surface area (Å²) in [6.07, 6.45) is 1.52. The van der Waals surface area contributed by atoms with Gasteiger partial charge in [-0.25, -0.2) is 13.9 Å². The molecule has 3 aromatic rings. The minimum Gasteiger partial charge on any atom is -0.461 e. The molecule has 0 atom stereocenters. The number of halogens is 1. The lowest BCUT2D eigenvalue weighted by atomic mass is 10.0. The number of carbonyl (C=O) groups excluding carboxylic acids is 2. The number of hydrogen-bond donors (Lipinski definition) is 1. The van der Waals surface area contributed by atoms with E-state index in [-0.39, 0.29) is 24.1 Å². The third kappa shape index (κ3) is 5.17. The van der Waals surface area contributed by atoms with Gasteiger partial charge in [-0.1, -0.05) is 32.0 Å². The molecule has 3 rings (SSSR count). The minimum atomic E-state index is -0.558. The maximum Gasteiger partial charge on any atom is 0.358 e. The first-order valence-corrected chi connectivity index (χ1v) is 10.4. The molecule has 1 aromatic heterocycles. The number of carbonyl (C=O) groups is 2. The van der Waals surface area contributed by atoms with Gasteiger partial charge in [-0.15, -0.1) is 0 Å². The fraction of sp³-hybridized carbons (Fsp3) is 0.292. The summed E-state index contributed by atoms with van der Waals surface area (Å²) in [6.45, 7) is 5.91. The molecule has 0 spiro atoms. The van der Waals surface area contributed by atoms with Gasteiger partial charge in [0, 0.05) is 17.2 Å². The quantitative estimate of drug-likeness (QED) is 0.504. The zero-order valence-electron chi connectivity index (χ0n) is 17.9.